The summed E-state index contributed by atoms with van der Waals surface area (Å²) in [5.41, 5.74) is 1.77. The number of carbonyl (C=O) groups excluding carboxylic acids is 2. The highest BCUT2D eigenvalue weighted by molar-refractivity contribution is 6.13. The molecule has 6 heteroatoms. The molecule has 25 heavy (non-hydrogen) atoms. The number of amides is 2. The molecule has 0 aliphatic heterocycles. The number of benzene rings is 1. The van der Waals surface area contributed by atoms with Crippen molar-refractivity contribution in [2.24, 2.45) is 5.41 Å². The minimum Gasteiger partial charge on any atom is -0.378 e. The molecule has 0 atom stereocenters. The second-order valence-electron chi connectivity index (χ2n) is 6.52. The van der Waals surface area contributed by atoms with Gasteiger partial charge in [-0.15, -0.1) is 0 Å². The summed E-state index contributed by atoms with van der Waals surface area (Å²) in [6.45, 7) is 0.397. The lowest BCUT2D eigenvalue weighted by Crippen LogP contribution is -2.39. The third-order valence-corrected chi connectivity index (χ3v) is 4.46. The molecule has 0 radical (unpaired) electrons. The highest BCUT2D eigenvalue weighted by Gasteiger charge is 2.56. The molecule has 130 valence electrons. The Bertz CT molecular complexity index is 753. The van der Waals surface area contributed by atoms with Gasteiger partial charge in [0.25, 0.3) is 0 Å². The van der Waals surface area contributed by atoms with Gasteiger partial charge in [-0.25, -0.2) is 0 Å². The van der Waals surface area contributed by atoms with Crippen molar-refractivity contribution < 1.29 is 9.59 Å². The number of nitrogens with zero attached hydrogens (tertiary/aromatic N) is 2. The monoisotopic (exact) mass is 338 g/mol. The molecule has 1 aromatic carbocycles. The summed E-state index contributed by atoms with van der Waals surface area (Å²) in [5, 5.41) is 5.72. The molecular weight excluding hydrogens is 316 g/mol. The number of pyridine rings is 1. The lowest BCUT2D eigenvalue weighted by atomic mass is 10.0. The van der Waals surface area contributed by atoms with Crippen LogP contribution in [-0.2, 0) is 16.1 Å². The molecule has 0 saturated heterocycles. The Morgan fingerprint density at radius 2 is 1.68 bits per heavy atom. The Kier molecular flexibility index (Phi) is 4.70. The highest BCUT2D eigenvalue weighted by Crippen LogP contribution is 2.46. The number of rotatable bonds is 6. The summed E-state index contributed by atoms with van der Waals surface area (Å²) >= 11 is 0. The fourth-order valence-electron chi connectivity index (χ4n) is 2.63. The average molecular weight is 338 g/mol. The van der Waals surface area contributed by atoms with Crippen LogP contribution in [0.3, 0.4) is 0 Å². The molecule has 3 rings (SSSR count). The van der Waals surface area contributed by atoms with E-state index in [4.69, 9.17) is 0 Å². The Hall–Kier alpha value is -2.89. The van der Waals surface area contributed by atoms with E-state index in [1.807, 2.05) is 55.4 Å². The zero-order valence-electron chi connectivity index (χ0n) is 14.5. The number of hydrogen-bond acceptors (Lipinski definition) is 4. The first-order valence-electron chi connectivity index (χ1n) is 8.27. The van der Waals surface area contributed by atoms with E-state index in [0.717, 1.165) is 11.3 Å². The van der Waals surface area contributed by atoms with E-state index < -0.39 is 5.41 Å². The van der Waals surface area contributed by atoms with Crippen LogP contribution >= 0.6 is 0 Å². The van der Waals surface area contributed by atoms with Crippen molar-refractivity contribution in [3.8, 4) is 0 Å². The fraction of sp³-hybridized carbons (Fsp3) is 0.316. The van der Waals surface area contributed by atoms with E-state index in [0.29, 0.717) is 25.1 Å². The molecule has 1 saturated carbocycles. The van der Waals surface area contributed by atoms with E-state index in [1.54, 1.807) is 12.4 Å². The van der Waals surface area contributed by atoms with Crippen molar-refractivity contribution in [1.29, 1.82) is 0 Å². The Labute approximate surface area is 147 Å². The molecule has 2 amide bonds. The van der Waals surface area contributed by atoms with E-state index in [1.165, 1.54) is 0 Å². The zero-order chi connectivity index (χ0) is 17.9. The minimum absolute atomic E-state index is 0.216. The minimum atomic E-state index is -0.937. The first-order chi connectivity index (χ1) is 12.0. The average Bonchev–Trinajstić information content (AvgIpc) is 3.43. The van der Waals surface area contributed by atoms with Crippen LogP contribution in [0.2, 0.25) is 0 Å². The first-order valence-corrected chi connectivity index (χ1v) is 8.27. The van der Waals surface area contributed by atoms with Gasteiger partial charge in [-0.05, 0) is 54.8 Å². The van der Waals surface area contributed by atoms with Crippen LogP contribution in [0.1, 0.15) is 18.4 Å². The van der Waals surface area contributed by atoms with Crippen molar-refractivity contribution in [2.75, 3.05) is 24.3 Å². The molecule has 1 aliphatic rings. The molecule has 2 aromatic rings. The normalized spacial score (nSPS) is 14.5. The molecule has 1 aliphatic carbocycles. The molecular formula is C19H22N4O2. The number of nitrogens with one attached hydrogen (secondary N) is 2. The summed E-state index contributed by atoms with van der Waals surface area (Å²) in [6.07, 6.45) is 4.52. The van der Waals surface area contributed by atoms with Gasteiger partial charge in [0.1, 0.15) is 5.41 Å². The SMILES string of the molecule is CN(C)c1ccc(NC(=O)C2(C(=O)NCc3ccncc3)CC2)cc1. The van der Waals surface area contributed by atoms with Crippen LogP contribution < -0.4 is 15.5 Å². The van der Waals surface area contributed by atoms with Gasteiger partial charge < -0.3 is 15.5 Å². The van der Waals surface area contributed by atoms with Crippen molar-refractivity contribution in [3.05, 3.63) is 54.4 Å². The maximum Gasteiger partial charge on any atom is 0.240 e. The summed E-state index contributed by atoms with van der Waals surface area (Å²) in [7, 11) is 3.92. The second kappa shape index (κ2) is 6.93. The lowest BCUT2D eigenvalue weighted by Gasteiger charge is -2.16. The van der Waals surface area contributed by atoms with Crippen LogP contribution in [0.5, 0.6) is 0 Å². The predicted molar refractivity (Wildman–Crippen MR) is 97.1 cm³/mol. The number of aromatic nitrogens is 1. The topological polar surface area (TPSA) is 74.3 Å². The molecule has 0 bridgehead atoms. The molecule has 2 N–H and O–H groups in total. The second-order valence-corrected chi connectivity index (χ2v) is 6.52. The molecule has 0 spiro atoms. The van der Waals surface area contributed by atoms with Gasteiger partial charge in [-0.3, -0.25) is 14.6 Å². The van der Waals surface area contributed by atoms with Crippen molar-refractivity contribution >= 4 is 23.2 Å². The van der Waals surface area contributed by atoms with Crippen LogP contribution in [0.15, 0.2) is 48.8 Å². The third-order valence-electron chi connectivity index (χ3n) is 4.46. The zero-order valence-corrected chi connectivity index (χ0v) is 14.5. The fourth-order valence-corrected chi connectivity index (χ4v) is 2.63. The smallest absolute Gasteiger partial charge is 0.240 e. The first kappa shape index (κ1) is 17.0. The lowest BCUT2D eigenvalue weighted by molar-refractivity contribution is -0.134. The number of anilines is 2. The van der Waals surface area contributed by atoms with Gasteiger partial charge in [0.15, 0.2) is 0 Å². The summed E-state index contributed by atoms with van der Waals surface area (Å²) in [5.74, 6) is -0.455. The van der Waals surface area contributed by atoms with Gasteiger partial charge in [0.2, 0.25) is 11.8 Å². The molecule has 1 aromatic heterocycles. The maximum absolute atomic E-state index is 12.6. The molecule has 6 nitrogen and oxygen atoms in total. The van der Waals surface area contributed by atoms with Crippen LogP contribution in [0, 0.1) is 5.41 Å². The number of carbonyl (C=O) groups is 2. The van der Waals surface area contributed by atoms with E-state index in [2.05, 4.69) is 15.6 Å². The summed E-state index contributed by atoms with van der Waals surface area (Å²) in [6, 6.07) is 11.2. The van der Waals surface area contributed by atoms with Crippen molar-refractivity contribution in [3.63, 3.8) is 0 Å². The van der Waals surface area contributed by atoms with Gasteiger partial charge in [0.05, 0.1) is 0 Å². The Morgan fingerprint density at radius 1 is 1.04 bits per heavy atom. The van der Waals surface area contributed by atoms with Gasteiger partial charge in [-0.1, -0.05) is 0 Å². The Balaban J connectivity index is 1.59. The van der Waals surface area contributed by atoms with E-state index in [9.17, 15) is 9.59 Å². The quantitative estimate of drug-likeness (QED) is 0.792. The standard InChI is InChI=1S/C19H22N4O2/c1-23(2)16-5-3-15(4-6-16)22-18(25)19(9-10-19)17(24)21-13-14-7-11-20-12-8-14/h3-8,11-12H,9-10,13H2,1-2H3,(H,21,24)(H,22,25). The van der Waals surface area contributed by atoms with Gasteiger partial charge >= 0.3 is 0 Å². The van der Waals surface area contributed by atoms with Crippen LogP contribution in [0.4, 0.5) is 11.4 Å². The van der Waals surface area contributed by atoms with Crippen LogP contribution in [-0.4, -0.2) is 30.9 Å². The Morgan fingerprint density at radius 3 is 2.24 bits per heavy atom. The van der Waals surface area contributed by atoms with Crippen molar-refractivity contribution in [1.82, 2.24) is 10.3 Å². The molecule has 1 heterocycles. The summed E-state index contributed by atoms with van der Waals surface area (Å²) in [4.78, 5) is 31.0. The summed E-state index contributed by atoms with van der Waals surface area (Å²) < 4.78 is 0. The molecule has 1 fully saturated rings. The highest BCUT2D eigenvalue weighted by atomic mass is 16.2. The molecule has 0 unspecified atom stereocenters. The van der Waals surface area contributed by atoms with E-state index in [-0.39, 0.29) is 11.8 Å². The largest absolute Gasteiger partial charge is 0.378 e. The maximum atomic E-state index is 12.6. The third kappa shape index (κ3) is 3.79. The van der Waals surface area contributed by atoms with Crippen molar-refractivity contribution in [2.45, 2.75) is 19.4 Å². The number of hydrogen-bond donors (Lipinski definition) is 2. The van der Waals surface area contributed by atoms with Crippen LogP contribution in [0.25, 0.3) is 0 Å². The van der Waals surface area contributed by atoms with Gasteiger partial charge in [0, 0.05) is 44.4 Å². The van der Waals surface area contributed by atoms with E-state index >= 15 is 0 Å². The van der Waals surface area contributed by atoms with Gasteiger partial charge in [-0.2, -0.15) is 0 Å². The predicted octanol–water partition coefficient (Wildman–Crippen LogP) is 2.18.